The molecule has 0 unspecified atom stereocenters. The molecule has 0 saturated carbocycles. The van der Waals surface area contributed by atoms with Crippen LogP contribution >= 0.6 is 11.6 Å². The van der Waals surface area contributed by atoms with Gasteiger partial charge in [0.25, 0.3) is 5.91 Å². The zero-order valence-electron chi connectivity index (χ0n) is 17.9. The van der Waals surface area contributed by atoms with Crippen LogP contribution in [0.2, 0.25) is 5.15 Å². The van der Waals surface area contributed by atoms with Gasteiger partial charge in [0, 0.05) is 42.6 Å². The summed E-state index contributed by atoms with van der Waals surface area (Å²) in [6.45, 7) is 5.76. The van der Waals surface area contributed by atoms with Crippen molar-refractivity contribution in [3.05, 3.63) is 59.9 Å². The third-order valence-corrected chi connectivity index (χ3v) is 6.24. The Balaban J connectivity index is 1.30. The lowest BCUT2D eigenvalue weighted by molar-refractivity contribution is -0.140. The first kappa shape index (κ1) is 20.6. The molecule has 0 aliphatic carbocycles. The van der Waals surface area contributed by atoms with Crippen LogP contribution in [-0.4, -0.2) is 52.7 Å². The number of benzene rings is 2. The molecule has 2 aromatic heterocycles. The number of hydrogen-bond acceptors (Lipinski definition) is 6. The van der Waals surface area contributed by atoms with E-state index in [1.165, 1.54) is 0 Å². The van der Waals surface area contributed by atoms with Crippen LogP contribution in [0.5, 0.6) is 5.75 Å². The molecular formula is C24H23ClN4O3. The third-order valence-electron chi connectivity index (χ3n) is 5.94. The lowest BCUT2D eigenvalue weighted by Gasteiger charge is -2.40. The molecule has 0 bridgehead atoms. The summed E-state index contributed by atoms with van der Waals surface area (Å²) in [5.41, 5.74) is 0.765. The highest BCUT2D eigenvalue weighted by atomic mass is 35.5. The molecule has 164 valence electrons. The van der Waals surface area contributed by atoms with Gasteiger partial charge in [-0.15, -0.1) is 0 Å². The number of carbonyl (C=O) groups excluding carboxylic acids is 1. The Morgan fingerprint density at radius 1 is 1.12 bits per heavy atom. The Morgan fingerprint density at radius 3 is 2.78 bits per heavy atom. The largest absolute Gasteiger partial charge is 0.480 e. The minimum absolute atomic E-state index is 0.00363. The van der Waals surface area contributed by atoms with E-state index < -0.39 is 6.10 Å². The van der Waals surface area contributed by atoms with E-state index in [2.05, 4.69) is 15.0 Å². The molecule has 2 atom stereocenters. The standard InChI is InChI=1S/C24H23ClN4O3/c1-15-14-28(23-19-6-3-4-8-21(19)32-27-23)12-13-29(15)24(30)16(2)31-20-9-5-7-18-17(20)10-11-26-22(18)25/h3-11,15-16H,12-14H2,1-2H3/t15-,16+/m1/s1. The van der Waals surface area contributed by atoms with Crippen LogP contribution in [0.3, 0.4) is 0 Å². The summed E-state index contributed by atoms with van der Waals surface area (Å²) < 4.78 is 11.5. The van der Waals surface area contributed by atoms with Gasteiger partial charge in [-0.2, -0.15) is 0 Å². The Kier molecular flexibility index (Phi) is 5.35. The SMILES string of the molecule is C[C@H](Oc1cccc2c(Cl)nccc12)C(=O)N1CCN(c2noc3ccccc23)C[C@H]1C. The molecule has 1 aliphatic rings. The van der Waals surface area contributed by atoms with Crippen molar-refractivity contribution < 1.29 is 14.1 Å². The number of nitrogens with zero attached hydrogens (tertiary/aromatic N) is 4. The molecule has 1 amide bonds. The van der Waals surface area contributed by atoms with Crippen LogP contribution in [0.15, 0.2) is 59.3 Å². The molecule has 32 heavy (non-hydrogen) atoms. The van der Waals surface area contributed by atoms with Crippen LogP contribution in [0, 0.1) is 0 Å². The van der Waals surface area contributed by atoms with Crippen LogP contribution in [0.4, 0.5) is 5.82 Å². The van der Waals surface area contributed by atoms with Gasteiger partial charge in [-0.25, -0.2) is 4.98 Å². The molecule has 1 fully saturated rings. The van der Waals surface area contributed by atoms with Crippen molar-refractivity contribution in [2.45, 2.75) is 26.0 Å². The fraction of sp³-hybridized carbons (Fsp3) is 0.292. The molecule has 3 heterocycles. The zero-order chi connectivity index (χ0) is 22.2. The maximum atomic E-state index is 13.2. The van der Waals surface area contributed by atoms with Crippen molar-refractivity contribution in [2.24, 2.45) is 0 Å². The smallest absolute Gasteiger partial charge is 0.263 e. The van der Waals surface area contributed by atoms with E-state index in [4.69, 9.17) is 20.9 Å². The zero-order valence-corrected chi connectivity index (χ0v) is 18.6. The molecule has 0 N–H and O–H groups in total. The highest BCUT2D eigenvalue weighted by molar-refractivity contribution is 6.34. The molecule has 7 nitrogen and oxygen atoms in total. The molecule has 0 radical (unpaired) electrons. The van der Waals surface area contributed by atoms with Crippen molar-refractivity contribution in [3.8, 4) is 5.75 Å². The Bertz CT molecular complexity index is 1290. The lowest BCUT2D eigenvalue weighted by atomic mass is 10.1. The first-order chi connectivity index (χ1) is 15.5. The molecule has 8 heteroatoms. The number of amides is 1. The van der Waals surface area contributed by atoms with Crippen LogP contribution in [-0.2, 0) is 4.79 Å². The minimum Gasteiger partial charge on any atom is -0.480 e. The monoisotopic (exact) mass is 450 g/mol. The quantitative estimate of drug-likeness (QED) is 0.425. The summed E-state index contributed by atoms with van der Waals surface area (Å²) in [5.74, 6) is 1.40. The molecule has 1 aliphatic heterocycles. The first-order valence-electron chi connectivity index (χ1n) is 10.6. The van der Waals surface area contributed by atoms with E-state index in [9.17, 15) is 4.79 Å². The first-order valence-corrected chi connectivity index (χ1v) is 11.0. The number of aromatic nitrogens is 2. The average Bonchev–Trinajstić information content (AvgIpc) is 3.23. The van der Waals surface area contributed by atoms with Gasteiger partial charge in [0.2, 0.25) is 0 Å². The maximum Gasteiger partial charge on any atom is 0.263 e. The van der Waals surface area contributed by atoms with Crippen molar-refractivity contribution in [1.82, 2.24) is 15.0 Å². The second-order valence-corrected chi connectivity index (χ2v) is 8.40. The van der Waals surface area contributed by atoms with E-state index in [0.29, 0.717) is 30.5 Å². The number of anilines is 1. The van der Waals surface area contributed by atoms with Gasteiger partial charge < -0.3 is 19.1 Å². The molecule has 1 saturated heterocycles. The number of halogens is 1. The van der Waals surface area contributed by atoms with E-state index >= 15 is 0 Å². The minimum atomic E-state index is -0.630. The topological polar surface area (TPSA) is 71.7 Å². The average molecular weight is 451 g/mol. The van der Waals surface area contributed by atoms with Gasteiger partial charge in [-0.1, -0.05) is 41.0 Å². The number of ether oxygens (including phenoxy) is 1. The number of rotatable bonds is 4. The van der Waals surface area contributed by atoms with Crippen molar-refractivity contribution in [1.29, 1.82) is 0 Å². The van der Waals surface area contributed by atoms with Gasteiger partial charge in [-0.05, 0) is 38.1 Å². The lowest BCUT2D eigenvalue weighted by Crippen LogP contribution is -2.56. The van der Waals surface area contributed by atoms with Gasteiger partial charge in [0.05, 0.1) is 5.39 Å². The molecular weight excluding hydrogens is 428 g/mol. The van der Waals surface area contributed by atoms with Crippen LogP contribution in [0.1, 0.15) is 13.8 Å². The van der Waals surface area contributed by atoms with Crippen LogP contribution in [0.25, 0.3) is 21.7 Å². The number of para-hydroxylation sites is 1. The number of carbonyl (C=O) groups is 1. The predicted octanol–water partition coefficient (Wildman–Crippen LogP) is 4.53. The van der Waals surface area contributed by atoms with Crippen molar-refractivity contribution in [3.63, 3.8) is 0 Å². The van der Waals surface area contributed by atoms with Crippen molar-refractivity contribution >= 4 is 45.1 Å². The number of fused-ring (bicyclic) bond motifs is 2. The molecule has 4 aromatic rings. The molecule has 2 aromatic carbocycles. The summed E-state index contributed by atoms with van der Waals surface area (Å²) in [7, 11) is 0. The summed E-state index contributed by atoms with van der Waals surface area (Å²) in [6, 6.07) is 15.3. The van der Waals surface area contributed by atoms with E-state index in [-0.39, 0.29) is 11.9 Å². The normalized spacial score (nSPS) is 17.7. The Hall–Kier alpha value is -3.32. The molecule has 0 spiro atoms. The summed E-state index contributed by atoms with van der Waals surface area (Å²) >= 11 is 6.20. The number of pyridine rings is 1. The van der Waals surface area contributed by atoms with E-state index in [1.54, 1.807) is 13.1 Å². The third kappa shape index (κ3) is 3.62. The van der Waals surface area contributed by atoms with Crippen molar-refractivity contribution in [2.75, 3.05) is 24.5 Å². The van der Waals surface area contributed by atoms with Gasteiger partial charge in [-0.3, -0.25) is 4.79 Å². The van der Waals surface area contributed by atoms with Gasteiger partial charge >= 0.3 is 0 Å². The second-order valence-electron chi connectivity index (χ2n) is 8.04. The second kappa shape index (κ2) is 8.31. The maximum absolute atomic E-state index is 13.2. The van der Waals surface area contributed by atoms with Crippen LogP contribution < -0.4 is 9.64 Å². The van der Waals surface area contributed by atoms with E-state index in [0.717, 1.165) is 27.6 Å². The van der Waals surface area contributed by atoms with Gasteiger partial charge in [0.1, 0.15) is 10.9 Å². The highest BCUT2D eigenvalue weighted by Crippen LogP contribution is 2.31. The fourth-order valence-electron chi connectivity index (χ4n) is 4.30. The Morgan fingerprint density at radius 2 is 1.94 bits per heavy atom. The highest BCUT2D eigenvalue weighted by Gasteiger charge is 2.32. The Labute approximate surface area is 190 Å². The predicted molar refractivity (Wildman–Crippen MR) is 124 cm³/mol. The fourth-order valence-corrected chi connectivity index (χ4v) is 4.52. The summed E-state index contributed by atoms with van der Waals surface area (Å²) in [4.78, 5) is 21.4. The molecule has 5 rings (SSSR count). The number of piperazine rings is 1. The summed E-state index contributed by atoms with van der Waals surface area (Å²) in [6.07, 6.45) is 1.01. The summed E-state index contributed by atoms with van der Waals surface area (Å²) in [5, 5.41) is 7.29. The van der Waals surface area contributed by atoms with E-state index in [1.807, 2.05) is 60.4 Å². The van der Waals surface area contributed by atoms with Gasteiger partial charge in [0.15, 0.2) is 17.5 Å². The number of hydrogen-bond donors (Lipinski definition) is 0.